The molecule has 0 saturated heterocycles. The van der Waals surface area contributed by atoms with E-state index in [9.17, 15) is 9.90 Å². The Labute approximate surface area is 106 Å². The first-order chi connectivity index (χ1) is 8.07. The van der Waals surface area contributed by atoms with Crippen LogP contribution in [0.1, 0.15) is 38.2 Å². The third-order valence-corrected chi connectivity index (χ3v) is 3.49. The van der Waals surface area contributed by atoms with Crippen molar-refractivity contribution in [3.05, 3.63) is 28.8 Å². The maximum absolute atomic E-state index is 11.6. The van der Waals surface area contributed by atoms with Gasteiger partial charge in [0.2, 0.25) is 5.91 Å². The van der Waals surface area contributed by atoms with E-state index >= 15 is 0 Å². The molecule has 1 unspecified atom stereocenters. The van der Waals surface area contributed by atoms with E-state index in [0.29, 0.717) is 17.1 Å². The molecule has 4 heteroatoms. The molecule has 0 radical (unpaired) electrons. The summed E-state index contributed by atoms with van der Waals surface area (Å²) in [5.74, 6) is -0.177. The van der Waals surface area contributed by atoms with Crippen LogP contribution >= 0.6 is 11.6 Å². The minimum absolute atomic E-state index is 0.111. The average Bonchev–Trinajstić information content (AvgIpc) is 2.28. The molecular formula is C13H16ClNO2. The monoisotopic (exact) mass is 253 g/mol. The number of anilines is 1. The maximum atomic E-state index is 11.6. The fourth-order valence-electron chi connectivity index (χ4n) is 2.28. The molecule has 0 saturated carbocycles. The van der Waals surface area contributed by atoms with E-state index in [0.717, 1.165) is 18.4 Å². The summed E-state index contributed by atoms with van der Waals surface area (Å²) in [4.78, 5) is 11.6. The number of rotatable bonds is 3. The standard InChI is InChI=1S/C13H16ClNO2/c1-2-3-7-13(17)8-11(16)15-12-9(13)5-4-6-10(12)14/h4-6,17H,2-3,7-8H2,1H3,(H,15,16). The van der Waals surface area contributed by atoms with Crippen molar-refractivity contribution in [1.29, 1.82) is 0 Å². The minimum atomic E-state index is -1.07. The summed E-state index contributed by atoms with van der Waals surface area (Å²) in [7, 11) is 0. The highest BCUT2D eigenvalue weighted by atomic mass is 35.5. The summed E-state index contributed by atoms with van der Waals surface area (Å²) in [6.45, 7) is 2.06. The van der Waals surface area contributed by atoms with Crippen LogP contribution in [-0.4, -0.2) is 11.0 Å². The topological polar surface area (TPSA) is 49.3 Å². The number of hydrogen-bond acceptors (Lipinski definition) is 2. The molecule has 17 heavy (non-hydrogen) atoms. The summed E-state index contributed by atoms with van der Waals surface area (Å²) in [6.07, 6.45) is 2.57. The van der Waals surface area contributed by atoms with Gasteiger partial charge in [0.15, 0.2) is 0 Å². The van der Waals surface area contributed by atoms with Crippen molar-refractivity contribution in [2.75, 3.05) is 5.32 Å². The Balaban J connectivity index is 2.43. The lowest BCUT2D eigenvalue weighted by Gasteiger charge is -2.34. The van der Waals surface area contributed by atoms with Crippen LogP contribution in [0.25, 0.3) is 0 Å². The predicted octanol–water partition coefficient (Wildman–Crippen LogP) is 3.06. The zero-order valence-corrected chi connectivity index (χ0v) is 10.5. The third kappa shape index (κ3) is 2.31. The van der Waals surface area contributed by atoms with Crippen LogP contribution in [-0.2, 0) is 10.4 Å². The van der Waals surface area contributed by atoms with Crippen molar-refractivity contribution in [3.8, 4) is 0 Å². The molecule has 0 bridgehead atoms. The van der Waals surface area contributed by atoms with E-state index < -0.39 is 5.60 Å². The van der Waals surface area contributed by atoms with Gasteiger partial charge in [0, 0.05) is 5.56 Å². The molecule has 0 fully saturated rings. The second kappa shape index (κ2) is 4.67. The Kier molecular flexibility index (Phi) is 3.40. The Morgan fingerprint density at radius 3 is 3.00 bits per heavy atom. The van der Waals surface area contributed by atoms with Crippen molar-refractivity contribution in [1.82, 2.24) is 0 Å². The largest absolute Gasteiger partial charge is 0.385 e. The molecule has 3 nitrogen and oxygen atoms in total. The highest BCUT2D eigenvalue weighted by Crippen LogP contribution is 2.42. The predicted molar refractivity (Wildman–Crippen MR) is 68.1 cm³/mol. The third-order valence-electron chi connectivity index (χ3n) is 3.18. The van der Waals surface area contributed by atoms with Crippen LogP contribution in [0.15, 0.2) is 18.2 Å². The molecule has 1 aliphatic rings. The molecule has 0 aromatic heterocycles. The number of halogens is 1. The molecule has 0 spiro atoms. The fraction of sp³-hybridized carbons (Fsp3) is 0.462. The number of hydrogen-bond donors (Lipinski definition) is 2. The van der Waals surface area contributed by atoms with Crippen LogP contribution in [0, 0.1) is 0 Å². The van der Waals surface area contributed by atoms with Gasteiger partial charge in [-0.25, -0.2) is 0 Å². The summed E-state index contributed by atoms with van der Waals surface area (Å²) in [5, 5.41) is 13.8. The zero-order chi connectivity index (χ0) is 12.5. The van der Waals surface area contributed by atoms with E-state index in [1.54, 1.807) is 12.1 Å². The van der Waals surface area contributed by atoms with Gasteiger partial charge in [0.05, 0.1) is 17.1 Å². The van der Waals surface area contributed by atoms with Crippen LogP contribution in [0.2, 0.25) is 5.02 Å². The first kappa shape index (κ1) is 12.4. The van der Waals surface area contributed by atoms with E-state index in [1.165, 1.54) is 0 Å². The lowest BCUT2D eigenvalue weighted by atomic mass is 9.82. The number of aliphatic hydroxyl groups is 1. The van der Waals surface area contributed by atoms with Gasteiger partial charge in [-0.2, -0.15) is 0 Å². The number of unbranched alkanes of at least 4 members (excludes halogenated alkanes) is 1. The number of amides is 1. The lowest BCUT2D eigenvalue weighted by molar-refractivity contribution is -0.122. The van der Waals surface area contributed by atoms with Crippen molar-refractivity contribution >= 4 is 23.2 Å². The Bertz CT molecular complexity index is 447. The molecule has 1 heterocycles. The van der Waals surface area contributed by atoms with E-state index in [4.69, 9.17) is 11.6 Å². The molecule has 0 aliphatic carbocycles. The summed E-state index contributed by atoms with van der Waals surface area (Å²) < 4.78 is 0. The molecule has 92 valence electrons. The summed E-state index contributed by atoms with van der Waals surface area (Å²) in [6, 6.07) is 5.35. The van der Waals surface area contributed by atoms with Crippen molar-refractivity contribution < 1.29 is 9.90 Å². The van der Waals surface area contributed by atoms with Gasteiger partial charge in [-0.15, -0.1) is 0 Å². The Morgan fingerprint density at radius 1 is 1.53 bits per heavy atom. The molecule has 2 N–H and O–H groups in total. The van der Waals surface area contributed by atoms with Gasteiger partial charge in [-0.1, -0.05) is 43.5 Å². The van der Waals surface area contributed by atoms with Crippen LogP contribution in [0.3, 0.4) is 0 Å². The van der Waals surface area contributed by atoms with Crippen LogP contribution < -0.4 is 5.32 Å². The number of carbonyl (C=O) groups is 1. The summed E-state index contributed by atoms with van der Waals surface area (Å²) in [5.41, 5.74) is 0.223. The second-order valence-electron chi connectivity index (χ2n) is 4.52. The zero-order valence-electron chi connectivity index (χ0n) is 9.79. The van der Waals surface area contributed by atoms with Gasteiger partial charge < -0.3 is 10.4 Å². The fourth-order valence-corrected chi connectivity index (χ4v) is 2.50. The van der Waals surface area contributed by atoms with Gasteiger partial charge in [-0.3, -0.25) is 4.79 Å². The number of fused-ring (bicyclic) bond motifs is 1. The SMILES string of the molecule is CCCCC1(O)CC(=O)Nc2c(Cl)cccc21. The number of carbonyl (C=O) groups excluding carboxylic acids is 1. The molecule has 1 aromatic carbocycles. The highest BCUT2D eigenvalue weighted by molar-refractivity contribution is 6.34. The normalized spacial score (nSPS) is 23.1. The van der Waals surface area contributed by atoms with Gasteiger partial charge in [-0.05, 0) is 12.5 Å². The number of benzene rings is 1. The minimum Gasteiger partial charge on any atom is -0.385 e. The van der Waals surface area contributed by atoms with Crippen LogP contribution in [0.4, 0.5) is 5.69 Å². The molecule has 2 rings (SSSR count). The van der Waals surface area contributed by atoms with Crippen molar-refractivity contribution in [2.45, 2.75) is 38.2 Å². The first-order valence-electron chi connectivity index (χ1n) is 5.88. The Morgan fingerprint density at radius 2 is 2.29 bits per heavy atom. The molecular weight excluding hydrogens is 238 g/mol. The maximum Gasteiger partial charge on any atom is 0.227 e. The molecule has 1 amide bonds. The summed E-state index contributed by atoms with van der Waals surface area (Å²) >= 11 is 6.04. The van der Waals surface area contributed by atoms with Crippen LogP contribution in [0.5, 0.6) is 0 Å². The van der Waals surface area contributed by atoms with Crippen molar-refractivity contribution in [2.24, 2.45) is 0 Å². The molecule has 1 aliphatic heterocycles. The Hall–Kier alpha value is -1.06. The lowest BCUT2D eigenvalue weighted by Crippen LogP contribution is -2.37. The van der Waals surface area contributed by atoms with Gasteiger partial charge in [0.1, 0.15) is 5.60 Å². The highest BCUT2D eigenvalue weighted by Gasteiger charge is 2.38. The molecule has 1 aromatic rings. The van der Waals surface area contributed by atoms with E-state index in [-0.39, 0.29) is 12.3 Å². The van der Waals surface area contributed by atoms with Crippen molar-refractivity contribution in [3.63, 3.8) is 0 Å². The smallest absolute Gasteiger partial charge is 0.227 e. The molecule has 1 atom stereocenters. The van der Waals surface area contributed by atoms with Gasteiger partial charge >= 0.3 is 0 Å². The van der Waals surface area contributed by atoms with E-state index in [2.05, 4.69) is 12.2 Å². The second-order valence-corrected chi connectivity index (χ2v) is 4.93. The number of nitrogens with one attached hydrogen (secondary N) is 1. The number of para-hydroxylation sites is 1. The average molecular weight is 254 g/mol. The first-order valence-corrected chi connectivity index (χ1v) is 6.26. The van der Waals surface area contributed by atoms with Gasteiger partial charge in [0.25, 0.3) is 0 Å². The van der Waals surface area contributed by atoms with E-state index in [1.807, 2.05) is 6.07 Å². The quantitative estimate of drug-likeness (QED) is 0.870.